The first kappa shape index (κ1) is 8.50. The molecular weight excluding hydrogens is 184 g/mol. The maximum absolute atomic E-state index is 5.16. The second-order valence-electron chi connectivity index (χ2n) is 3.05. The summed E-state index contributed by atoms with van der Waals surface area (Å²) in [7, 11) is 1.85. The summed E-state index contributed by atoms with van der Waals surface area (Å²) in [5.74, 6) is 0. The molecule has 0 radical (unpaired) electrons. The smallest absolute Gasteiger partial charge is 0.169 e. The molecule has 2 rings (SSSR count). The lowest BCUT2D eigenvalue weighted by atomic mass is 10.1. The highest BCUT2D eigenvalue weighted by molar-refractivity contribution is 7.80. The van der Waals surface area contributed by atoms with Crippen molar-refractivity contribution in [1.29, 1.82) is 0 Å². The highest BCUT2D eigenvalue weighted by Gasteiger charge is 2.19. The van der Waals surface area contributed by atoms with Crippen LogP contribution in [0.25, 0.3) is 0 Å². The molecule has 70 valence electrons. The van der Waals surface area contributed by atoms with Crippen molar-refractivity contribution in [3.8, 4) is 0 Å². The molecule has 1 aliphatic rings. The molecule has 0 atom stereocenters. The number of rotatable bonds is 0. The number of aromatic nitrogens is 2. The van der Waals surface area contributed by atoms with Crippen molar-refractivity contribution in [3.05, 3.63) is 17.7 Å². The number of nitrogens with zero attached hydrogens (tertiary/aromatic N) is 2. The van der Waals surface area contributed by atoms with Crippen LogP contribution < -0.4 is 5.32 Å². The Balaban J connectivity index is 2.13. The SMILES string of the molecule is CNC(=S)N1CCc2[nH]cnc2C1. The lowest BCUT2D eigenvalue weighted by molar-refractivity contribution is 0.383. The number of nitrogens with one attached hydrogen (secondary N) is 2. The molecule has 2 N–H and O–H groups in total. The molecule has 4 nitrogen and oxygen atoms in total. The molecule has 1 aromatic heterocycles. The fourth-order valence-corrected chi connectivity index (χ4v) is 1.70. The Kier molecular flexibility index (Phi) is 2.18. The monoisotopic (exact) mass is 196 g/mol. The number of H-pyrrole nitrogens is 1. The molecule has 0 unspecified atom stereocenters. The second-order valence-corrected chi connectivity index (χ2v) is 3.44. The summed E-state index contributed by atoms with van der Waals surface area (Å²) in [6, 6.07) is 0. The van der Waals surface area contributed by atoms with Gasteiger partial charge < -0.3 is 15.2 Å². The summed E-state index contributed by atoms with van der Waals surface area (Å²) in [6.07, 6.45) is 2.74. The van der Waals surface area contributed by atoms with Crippen molar-refractivity contribution >= 4 is 17.3 Å². The summed E-state index contributed by atoms with van der Waals surface area (Å²) in [5.41, 5.74) is 2.36. The molecule has 5 heteroatoms. The Hall–Kier alpha value is -1.10. The first-order chi connectivity index (χ1) is 6.31. The quantitative estimate of drug-likeness (QED) is 0.585. The predicted molar refractivity (Wildman–Crippen MR) is 54.4 cm³/mol. The third-order valence-corrected chi connectivity index (χ3v) is 2.74. The minimum absolute atomic E-state index is 0.800. The number of hydrogen-bond donors (Lipinski definition) is 2. The number of fused-ring (bicyclic) bond motifs is 1. The Morgan fingerprint density at radius 2 is 2.62 bits per heavy atom. The van der Waals surface area contributed by atoms with Gasteiger partial charge in [0, 0.05) is 25.7 Å². The largest absolute Gasteiger partial charge is 0.366 e. The van der Waals surface area contributed by atoms with E-state index in [1.54, 1.807) is 6.33 Å². The number of imidazole rings is 1. The van der Waals surface area contributed by atoms with E-state index in [1.165, 1.54) is 5.69 Å². The van der Waals surface area contributed by atoms with Gasteiger partial charge in [-0.1, -0.05) is 0 Å². The maximum Gasteiger partial charge on any atom is 0.169 e. The molecule has 1 aromatic rings. The minimum Gasteiger partial charge on any atom is -0.366 e. The van der Waals surface area contributed by atoms with Gasteiger partial charge in [0.2, 0.25) is 0 Å². The molecule has 13 heavy (non-hydrogen) atoms. The molecule has 0 saturated carbocycles. The summed E-state index contributed by atoms with van der Waals surface area (Å²) >= 11 is 5.16. The summed E-state index contributed by atoms with van der Waals surface area (Å²) in [6.45, 7) is 1.79. The predicted octanol–water partition coefficient (Wildman–Crippen LogP) is 0.272. The van der Waals surface area contributed by atoms with Crippen LogP contribution in [0.4, 0.5) is 0 Å². The van der Waals surface area contributed by atoms with E-state index in [1.807, 2.05) is 7.05 Å². The van der Waals surface area contributed by atoms with Crippen LogP contribution in [0.5, 0.6) is 0 Å². The Labute approximate surface area is 82.3 Å². The molecule has 0 spiro atoms. The van der Waals surface area contributed by atoms with E-state index >= 15 is 0 Å². The van der Waals surface area contributed by atoms with Crippen LogP contribution in [0.2, 0.25) is 0 Å². The van der Waals surface area contributed by atoms with E-state index in [4.69, 9.17) is 12.2 Å². The van der Waals surface area contributed by atoms with E-state index < -0.39 is 0 Å². The van der Waals surface area contributed by atoms with Gasteiger partial charge >= 0.3 is 0 Å². The van der Waals surface area contributed by atoms with Crippen LogP contribution in [0.3, 0.4) is 0 Å². The van der Waals surface area contributed by atoms with Crippen LogP contribution in [0.15, 0.2) is 6.33 Å². The van der Waals surface area contributed by atoms with Crippen LogP contribution in [0.1, 0.15) is 11.4 Å². The molecular formula is C8H12N4S. The van der Waals surface area contributed by atoms with Gasteiger partial charge in [0.25, 0.3) is 0 Å². The second kappa shape index (κ2) is 3.33. The average Bonchev–Trinajstić information content (AvgIpc) is 2.63. The topological polar surface area (TPSA) is 44.0 Å². The van der Waals surface area contributed by atoms with Gasteiger partial charge in [-0.15, -0.1) is 0 Å². The van der Waals surface area contributed by atoms with Gasteiger partial charge in [-0.25, -0.2) is 4.98 Å². The van der Waals surface area contributed by atoms with Crippen molar-refractivity contribution < 1.29 is 0 Å². The lowest BCUT2D eigenvalue weighted by Gasteiger charge is -2.27. The highest BCUT2D eigenvalue weighted by atomic mass is 32.1. The van der Waals surface area contributed by atoms with E-state index in [-0.39, 0.29) is 0 Å². The first-order valence-electron chi connectivity index (χ1n) is 4.29. The zero-order valence-corrected chi connectivity index (χ0v) is 8.32. The van der Waals surface area contributed by atoms with Crippen LogP contribution in [-0.4, -0.2) is 33.6 Å². The van der Waals surface area contributed by atoms with Gasteiger partial charge in [0.1, 0.15) is 0 Å². The number of hydrogen-bond acceptors (Lipinski definition) is 2. The summed E-state index contributed by atoms with van der Waals surface area (Å²) in [5, 5.41) is 3.78. The van der Waals surface area contributed by atoms with Crippen LogP contribution in [0, 0.1) is 0 Å². The van der Waals surface area contributed by atoms with Crippen molar-refractivity contribution in [2.75, 3.05) is 13.6 Å². The highest BCUT2D eigenvalue weighted by Crippen LogP contribution is 2.14. The molecule has 1 aliphatic heterocycles. The lowest BCUT2D eigenvalue weighted by Crippen LogP contribution is -2.41. The van der Waals surface area contributed by atoms with Crippen LogP contribution in [-0.2, 0) is 13.0 Å². The van der Waals surface area contributed by atoms with Crippen molar-refractivity contribution in [2.45, 2.75) is 13.0 Å². The first-order valence-corrected chi connectivity index (χ1v) is 4.70. The summed E-state index contributed by atoms with van der Waals surface area (Å²) in [4.78, 5) is 9.50. The zero-order chi connectivity index (χ0) is 9.26. The molecule has 0 bridgehead atoms. The van der Waals surface area contributed by atoms with Gasteiger partial charge in [-0.3, -0.25) is 0 Å². The molecule has 0 fully saturated rings. The van der Waals surface area contributed by atoms with Gasteiger partial charge in [0.05, 0.1) is 18.6 Å². The number of thiocarbonyl (C=S) groups is 1. The molecule has 0 aliphatic carbocycles. The van der Waals surface area contributed by atoms with Crippen molar-refractivity contribution in [3.63, 3.8) is 0 Å². The molecule has 0 saturated heterocycles. The van der Waals surface area contributed by atoms with Crippen LogP contribution >= 0.6 is 12.2 Å². The van der Waals surface area contributed by atoms with E-state index in [2.05, 4.69) is 20.2 Å². The van der Waals surface area contributed by atoms with Crippen molar-refractivity contribution in [1.82, 2.24) is 20.2 Å². The Bertz CT molecular complexity index is 320. The zero-order valence-electron chi connectivity index (χ0n) is 7.50. The third-order valence-electron chi connectivity index (χ3n) is 2.28. The summed E-state index contributed by atoms with van der Waals surface area (Å²) < 4.78 is 0. The molecule has 2 heterocycles. The fraction of sp³-hybridized carbons (Fsp3) is 0.500. The standard InChI is InChI=1S/C8H12N4S/c1-9-8(13)12-3-2-6-7(4-12)11-5-10-6/h5H,2-4H2,1H3,(H,9,13)(H,10,11). The van der Waals surface area contributed by atoms with E-state index in [9.17, 15) is 0 Å². The van der Waals surface area contributed by atoms with Gasteiger partial charge in [0.15, 0.2) is 5.11 Å². The fourth-order valence-electron chi connectivity index (χ4n) is 1.54. The van der Waals surface area contributed by atoms with Gasteiger partial charge in [-0.2, -0.15) is 0 Å². The van der Waals surface area contributed by atoms with Gasteiger partial charge in [-0.05, 0) is 12.2 Å². The number of aromatic amines is 1. The third kappa shape index (κ3) is 1.51. The average molecular weight is 196 g/mol. The maximum atomic E-state index is 5.16. The van der Waals surface area contributed by atoms with E-state index in [0.717, 1.165) is 30.3 Å². The van der Waals surface area contributed by atoms with Crippen molar-refractivity contribution in [2.24, 2.45) is 0 Å². The minimum atomic E-state index is 0.800. The molecule has 0 aromatic carbocycles. The normalized spacial score (nSPS) is 15.3. The van der Waals surface area contributed by atoms with E-state index in [0.29, 0.717) is 0 Å². The Morgan fingerprint density at radius 1 is 1.77 bits per heavy atom. The molecule has 0 amide bonds. The Morgan fingerprint density at radius 3 is 3.38 bits per heavy atom.